The zero-order valence-electron chi connectivity index (χ0n) is 8.81. The van der Waals surface area contributed by atoms with Gasteiger partial charge in [0, 0.05) is 5.38 Å². The van der Waals surface area contributed by atoms with Crippen molar-refractivity contribution in [1.29, 1.82) is 0 Å². The molecule has 2 rings (SSSR count). The lowest BCUT2D eigenvalue weighted by molar-refractivity contribution is 0.281. The summed E-state index contributed by atoms with van der Waals surface area (Å²) in [5.74, 6) is 1.10. The van der Waals surface area contributed by atoms with Gasteiger partial charge in [0.05, 0.1) is 11.0 Å². The van der Waals surface area contributed by atoms with E-state index in [0.29, 0.717) is 11.7 Å². The van der Waals surface area contributed by atoms with Crippen LogP contribution in [0.5, 0.6) is 0 Å². The Bertz CT molecular complexity index is 435. The molecule has 0 aliphatic carbocycles. The van der Waals surface area contributed by atoms with E-state index >= 15 is 0 Å². The Balaban J connectivity index is 2.33. The molecule has 0 aliphatic heterocycles. The molecule has 5 nitrogen and oxygen atoms in total. The normalized spacial score (nSPS) is 11.9. The van der Waals surface area contributed by atoms with Crippen LogP contribution in [0.1, 0.15) is 19.7 Å². The smallest absolute Gasteiger partial charge is 0.246 e. The van der Waals surface area contributed by atoms with E-state index < -0.39 is 0 Å². The van der Waals surface area contributed by atoms with Crippen molar-refractivity contribution in [2.24, 2.45) is 0 Å². The first-order valence-corrected chi connectivity index (χ1v) is 5.49. The van der Waals surface area contributed by atoms with Gasteiger partial charge in [0.1, 0.15) is 5.69 Å². The van der Waals surface area contributed by atoms with Crippen LogP contribution in [0.4, 0.5) is 0 Å². The van der Waals surface area contributed by atoms with Crippen LogP contribution in [0.25, 0.3) is 11.5 Å². The van der Waals surface area contributed by atoms with Crippen molar-refractivity contribution in [3.05, 3.63) is 16.8 Å². The van der Waals surface area contributed by atoms with E-state index in [1.807, 2.05) is 26.3 Å². The predicted octanol–water partition coefficient (Wildman–Crippen LogP) is 1.65. The number of nitrogens with one attached hydrogen (secondary N) is 1. The molecule has 0 aromatic carbocycles. The van der Waals surface area contributed by atoms with Crippen LogP contribution in [-0.4, -0.2) is 22.2 Å². The van der Waals surface area contributed by atoms with E-state index in [0.717, 1.165) is 5.69 Å². The van der Waals surface area contributed by atoms with Crippen molar-refractivity contribution >= 4 is 11.3 Å². The molecule has 0 aliphatic rings. The van der Waals surface area contributed by atoms with Gasteiger partial charge in [0.2, 0.25) is 11.7 Å². The first-order chi connectivity index (χ1) is 7.13. The Morgan fingerprint density at radius 2 is 2.27 bits per heavy atom. The predicted molar refractivity (Wildman–Crippen MR) is 57.5 cm³/mol. The number of thiazole rings is 1. The highest BCUT2D eigenvalue weighted by Crippen LogP contribution is 2.21. The van der Waals surface area contributed by atoms with Crippen LogP contribution >= 0.6 is 11.3 Å². The maximum absolute atomic E-state index is 5.19. The topological polar surface area (TPSA) is 63.8 Å². The lowest BCUT2D eigenvalue weighted by Gasteiger charge is -2.17. The number of hydrogen-bond donors (Lipinski definition) is 1. The molecule has 0 atom stereocenters. The first kappa shape index (κ1) is 10.3. The number of nitrogens with zero attached hydrogens (tertiary/aromatic N) is 3. The summed E-state index contributed by atoms with van der Waals surface area (Å²) >= 11 is 1.51. The summed E-state index contributed by atoms with van der Waals surface area (Å²) in [6.07, 6.45) is 0. The fraction of sp³-hybridized carbons (Fsp3) is 0.444. The molecular weight excluding hydrogens is 212 g/mol. The van der Waals surface area contributed by atoms with Gasteiger partial charge >= 0.3 is 0 Å². The van der Waals surface area contributed by atoms with Crippen LogP contribution in [0.15, 0.2) is 15.4 Å². The van der Waals surface area contributed by atoms with Crippen molar-refractivity contribution in [2.75, 3.05) is 7.05 Å². The Labute approximate surface area is 91.5 Å². The summed E-state index contributed by atoms with van der Waals surface area (Å²) in [6.45, 7) is 3.96. The molecule has 0 bridgehead atoms. The molecular formula is C9H12N4OS. The fourth-order valence-corrected chi connectivity index (χ4v) is 1.54. The molecule has 6 heteroatoms. The average Bonchev–Trinajstić information content (AvgIpc) is 2.88. The third kappa shape index (κ3) is 1.91. The van der Waals surface area contributed by atoms with Gasteiger partial charge in [-0.1, -0.05) is 5.16 Å². The van der Waals surface area contributed by atoms with Crippen molar-refractivity contribution in [2.45, 2.75) is 19.4 Å². The highest BCUT2D eigenvalue weighted by molar-refractivity contribution is 7.07. The quantitative estimate of drug-likeness (QED) is 0.858. The molecule has 1 N–H and O–H groups in total. The lowest BCUT2D eigenvalue weighted by Crippen LogP contribution is -2.33. The van der Waals surface area contributed by atoms with Crippen LogP contribution in [0, 0.1) is 0 Å². The van der Waals surface area contributed by atoms with Crippen molar-refractivity contribution in [3.8, 4) is 11.5 Å². The molecule has 0 fully saturated rings. The highest BCUT2D eigenvalue weighted by Gasteiger charge is 2.25. The van der Waals surface area contributed by atoms with E-state index in [9.17, 15) is 0 Å². The summed E-state index contributed by atoms with van der Waals surface area (Å²) in [7, 11) is 1.85. The zero-order chi connectivity index (χ0) is 10.9. The third-order valence-corrected chi connectivity index (χ3v) is 2.83. The summed E-state index contributed by atoms with van der Waals surface area (Å²) in [5, 5.41) is 8.88. The van der Waals surface area contributed by atoms with E-state index in [1.54, 1.807) is 5.51 Å². The van der Waals surface area contributed by atoms with Gasteiger partial charge in [-0.3, -0.25) is 0 Å². The Morgan fingerprint density at radius 3 is 2.87 bits per heavy atom. The van der Waals surface area contributed by atoms with Crippen LogP contribution < -0.4 is 5.32 Å². The minimum atomic E-state index is -0.318. The van der Waals surface area contributed by atoms with E-state index in [1.165, 1.54) is 11.3 Å². The fourth-order valence-electron chi connectivity index (χ4n) is 1.01. The van der Waals surface area contributed by atoms with E-state index in [2.05, 4.69) is 20.4 Å². The Kier molecular flexibility index (Phi) is 2.54. The maximum Gasteiger partial charge on any atom is 0.246 e. The average molecular weight is 224 g/mol. The summed E-state index contributed by atoms with van der Waals surface area (Å²) in [6, 6.07) is 0. The molecule has 2 aromatic rings. The number of rotatable bonds is 3. The molecule has 0 unspecified atom stereocenters. The first-order valence-electron chi connectivity index (χ1n) is 4.55. The Morgan fingerprint density at radius 1 is 1.47 bits per heavy atom. The van der Waals surface area contributed by atoms with Gasteiger partial charge in [-0.25, -0.2) is 4.98 Å². The summed E-state index contributed by atoms with van der Waals surface area (Å²) in [4.78, 5) is 8.42. The van der Waals surface area contributed by atoms with Crippen LogP contribution in [0.2, 0.25) is 0 Å². The van der Waals surface area contributed by atoms with Crippen molar-refractivity contribution in [3.63, 3.8) is 0 Å². The second kappa shape index (κ2) is 3.71. The molecule has 0 spiro atoms. The Hall–Kier alpha value is -1.27. The van der Waals surface area contributed by atoms with E-state index in [-0.39, 0.29) is 5.54 Å². The lowest BCUT2D eigenvalue weighted by atomic mass is 10.1. The molecule has 80 valence electrons. The van der Waals surface area contributed by atoms with Crippen molar-refractivity contribution < 1.29 is 4.52 Å². The summed E-state index contributed by atoms with van der Waals surface area (Å²) < 4.78 is 5.19. The van der Waals surface area contributed by atoms with Crippen LogP contribution in [0.3, 0.4) is 0 Å². The van der Waals surface area contributed by atoms with Gasteiger partial charge in [0.25, 0.3) is 0 Å². The standard InChI is InChI=1S/C9H12N4OS/c1-9(2,10-3)8-12-7(13-14-8)6-4-15-5-11-6/h4-5,10H,1-3H3. The van der Waals surface area contributed by atoms with Gasteiger partial charge in [-0.15, -0.1) is 11.3 Å². The molecule has 0 amide bonds. The second-order valence-electron chi connectivity index (χ2n) is 3.67. The highest BCUT2D eigenvalue weighted by atomic mass is 32.1. The maximum atomic E-state index is 5.19. The molecule has 15 heavy (non-hydrogen) atoms. The minimum Gasteiger partial charge on any atom is -0.337 e. The van der Waals surface area contributed by atoms with Gasteiger partial charge in [0.15, 0.2) is 0 Å². The third-order valence-electron chi connectivity index (χ3n) is 2.25. The molecule has 2 aromatic heterocycles. The van der Waals surface area contributed by atoms with Gasteiger partial charge in [-0.2, -0.15) is 4.98 Å². The van der Waals surface area contributed by atoms with Gasteiger partial charge < -0.3 is 9.84 Å². The van der Waals surface area contributed by atoms with Crippen LogP contribution in [-0.2, 0) is 5.54 Å². The largest absolute Gasteiger partial charge is 0.337 e. The summed E-state index contributed by atoms with van der Waals surface area (Å²) in [5.41, 5.74) is 2.18. The molecule has 0 saturated carbocycles. The zero-order valence-corrected chi connectivity index (χ0v) is 9.63. The monoisotopic (exact) mass is 224 g/mol. The van der Waals surface area contributed by atoms with E-state index in [4.69, 9.17) is 4.52 Å². The number of aromatic nitrogens is 3. The molecule has 2 heterocycles. The minimum absolute atomic E-state index is 0.318. The second-order valence-corrected chi connectivity index (χ2v) is 4.39. The SMILES string of the molecule is CNC(C)(C)c1nc(-c2cscn2)no1. The van der Waals surface area contributed by atoms with Gasteiger partial charge in [-0.05, 0) is 20.9 Å². The molecule has 0 radical (unpaired) electrons. The number of hydrogen-bond acceptors (Lipinski definition) is 6. The molecule has 0 saturated heterocycles. The van der Waals surface area contributed by atoms with Crippen molar-refractivity contribution in [1.82, 2.24) is 20.4 Å².